The third kappa shape index (κ3) is 3.85. The molecule has 7 nitrogen and oxygen atoms in total. The molecule has 1 aromatic carbocycles. The zero-order valence-electron chi connectivity index (χ0n) is 17.5. The number of amides is 4. The largest absolute Gasteiger partial charge is 0.352 e. The van der Waals surface area contributed by atoms with Crippen LogP contribution in [0.3, 0.4) is 0 Å². The molecule has 0 bridgehead atoms. The van der Waals surface area contributed by atoms with Crippen LogP contribution >= 0.6 is 0 Å². The molecule has 2 atom stereocenters. The van der Waals surface area contributed by atoms with Gasteiger partial charge >= 0.3 is 0 Å². The molecule has 30 heavy (non-hydrogen) atoms. The van der Waals surface area contributed by atoms with E-state index in [0.717, 1.165) is 55.2 Å². The summed E-state index contributed by atoms with van der Waals surface area (Å²) in [4.78, 5) is 51.0. The molecule has 3 aliphatic rings. The fourth-order valence-electron chi connectivity index (χ4n) is 4.98. The van der Waals surface area contributed by atoms with E-state index in [1.54, 1.807) is 4.90 Å². The van der Waals surface area contributed by atoms with Crippen LogP contribution in [0.2, 0.25) is 0 Å². The second-order valence-corrected chi connectivity index (χ2v) is 8.54. The molecule has 1 fully saturated rings. The fourth-order valence-corrected chi connectivity index (χ4v) is 4.98. The van der Waals surface area contributed by atoms with E-state index in [1.165, 1.54) is 0 Å². The molecule has 0 spiro atoms. The maximum atomic E-state index is 13.3. The van der Waals surface area contributed by atoms with Crippen LogP contribution in [0, 0.1) is 0 Å². The standard InChI is InChI=1S/C23H29N3O4/c1-2-3-4-8-19(27)24-13-14-11-15-6-5-7-17-21(15)16(12-14)23(30)26(17)18-9-10-20(28)25-22(18)29/h11-12,17-18H,2-10,13H2,1H3,(H,24,27)(H,25,28,29). The lowest BCUT2D eigenvalue weighted by atomic mass is 9.85. The van der Waals surface area contributed by atoms with Crippen LogP contribution in [0.15, 0.2) is 12.1 Å². The number of piperidine rings is 1. The average molecular weight is 412 g/mol. The molecule has 0 aromatic heterocycles. The van der Waals surface area contributed by atoms with Gasteiger partial charge in [0.05, 0.1) is 6.04 Å². The van der Waals surface area contributed by atoms with Crippen molar-refractivity contribution in [2.24, 2.45) is 0 Å². The highest BCUT2D eigenvalue weighted by molar-refractivity contribution is 6.06. The van der Waals surface area contributed by atoms with Gasteiger partial charge in [-0.15, -0.1) is 0 Å². The first-order valence-electron chi connectivity index (χ1n) is 11.1. The van der Waals surface area contributed by atoms with Gasteiger partial charge in [-0.05, 0) is 54.9 Å². The maximum absolute atomic E-state index is 13.3. The van der Waals surface area contributed by atoms with Gasteiger partial charge < -0.3 is 10.2 Å². The molecule has 4 amide bonds. The summed E-state index contributed by atoms with van der Waals surface area (Å²) in [5, 5.41) is 5.34. The van der Waals surface area contributed by atoms with Crippen molar-refractivity contribution in [1.29, 1.82) is 0 Å². The molecule has 2 N–H and O–H groups in total. The number of aryl methyl sites for hydroxylation is 1. The lowest BCUT2D eigenvalue weighted by Crippen LogP contribution is -2.53. The van der Waals surface area contributed by atoms with Gasteiger partial charge in [-0.25, -0.2) is 0 Å². The highest BCUT2D eigenvalue weighted by Crippen LogP contribution is 2.45. The topological polar surface area (TPSA) is 95.6 Å². The molecule has 2 aliphatic heterocycles. The first kappa shape index (κ1) is 20.6. The Morgan fingerprint density at radius 1 is 1.13 bits per heavy atom. The zero-order chi connectivity index (χ0) is 21.3. The predicted octanol–water partition coefficient (Wildman–Crippen LogP) is 2.52. The Kier molecular flexibility index (Phi) is 5.88. The summed E-state index contributed by atoms with van der Waals surface area (Å²) in [5.74, 6) is -0.753. The van der Waals surface area contributed by atoms with Crippen LogP contribution in [0.1, 0.15) is 91.4 Å². The molecule has 2 unspecified atom stereocenters. The number of imide groups is 1. The molecule has 4 rings (SSSR count). The quantitative estimate of drug-likeness (QED) is 0.532. The van der Waals surface area contributed by atoms with E-state index in [4.69, 9.17) is 0 Å². The smallest absolute Gasteiger partial charge is 0.255 e. The lowest BCUT2D eigenvalue weighted by molar-refractivity contribution is -0.137. The summed E-state index contributed by atoms with van der Waals surface area (Å²) in [7, 11) is 0. The molecule has 1 aromatic rings. The SMILES string of the molecule is CCCCCC(=O)NCc1cc2c3c(c1)C(=O)N(C1CCC(=O)NC1=O)C3CCC2. The van der Waals surface area contributed by atoms with E-state index in [-0.39, 0.29) is 36.1 Å². The Morgan fingerprint density at radius 2 is 1.97 bits per heavy atom. The lowest BCUT2D eigenvalue weighted by Gasteiger charge is -2.36. The first-order valence-corrected chi connectivity index (χ1v) is 11.1. The second kappa shape index (κ2) is 8.58. The fraction of sp³-hybridized carbons (Fsp3) is 0.565. The minimum absolute atomic E-state index is 0.0342. The number of nitrogens with one attached hydrogen (secondary N) is 2. The van der Waals surface area contributed by atoms with Gasteiger partial charge in [0.1, 0.15) is 6.04 Å². The van der Waals surface area contributed by atoms with Crippen molar-refractivity contribution >= 4 is 23.6 Å². The van der Waals surface area contributed by atoms with Crippen LogP contribution in [-0.4, -0.2) is 34.6 Å². The van der Waals surface area contributed by atoms with Gasteiger partial charge in [0.15, 0.2) is 0 Å². The number of carbonyl (C=O) groups is 4. The zero-order valence-corrected chi connectivity index (χ0v) is 17.5. The summed E-state index contributed by atoms with van der Waals surface area (Å²) in [6, 6.07) is 3.27. The van der Waals surface area contributed by atoms with Crippen LogP contribution in [0.4, 0.5) is 0 Å². The Morgan fingerprint density at radius 3 is 2.73 bits per heavy atom. The van der Waals surface area contributed by atoms with Gasteiger partial charge in [-0.2, -0.15) is 0 Å². The molecule has 1 saturated heterocycles. The minimum Gasteiger partial charge on any atom is -0.352 e. The van der Waals surface area contributed by atoms with Crippen LogP contribution in [-0.2, 0) is 27.3 Å². The first-order chi connectivity index (χ1) is 14.5. The third-order valence-electron chi connectivity index (χ3n) is 6.43. The molecule has 0 radical (unpaired) electrons. The maximum Gasteiger partial charge on any atom is 0.255 e. The Bertz CT molecular complexity index is 895. The van der Waals surface area contributed by atoms with Crippen molar-refractivity contribution in [2.45, 2.75) is 83.3 Å². The summed E-state index contributed by atoms with van der Waals surface area (Å²) in [6.45, 7) is 2.51. The van der Waals surface area contributed by atoms with Crippen molar-refractivity contribution in [1.82, 2.24) is 15.5 Å². The van der Waals surface area contributed by atoms with Crippen LogP contribution < -0.4 is 10.6 Å². The molecule has 0 saturated carbocycles. The summed E-state index contributed by atoms with van der Waals surface area (Å²) >= 11 is 0. The van der Waals surface area contributed by atoms with Crippen LogP contribution in [0.5, 0.6) is 0 Å². The second-order valence-electron chi connectivity index (χ2n) is 8.54. The van der Waals surface area contributed by atoms with E-state index < -0.39 is 6.04 Å². The number of benzene rings is 1. The van der Waals surface area contributed by atoms with Crippen molar-refractivity contribution in [3.8, 4) is 0 Å². The predicted molar refractivity (Wildman–Crippen MR) is 110 cm³/mol. The van der Waals surface area contributed by atoms with E-state index in [1.807, 2.05) is 6.07 Å². The minimum atomic E-state index is -0.597. The molecule has 7 heteroatoms. The number of unbranched alkanes of at least 4 members (excludes halogenated alkanes) is 2. The number of carbonyl (C=O) groups excluding carboxylic acids is 4. The average Bonchev–Trinajstić information content (AvgIpc) is 3.00. The van der Waals surface area contributed by atoms with E-state index >= 15 is 0 Å². The molecular formula is C23H29N3O4. The van der Waals surface area contributed by atoms with E-state index in [9.17, 15) is 19.2 Å². The Hall–Kier alpha value is -2.70. The van der Waals surface area contributed by atoms with Gasteiger partial charge in [-0.3, -0.25) is 24.5 Å². The van der Waals surface area contributed by atoms with Gasteiger partial charge in [0.25, 0.3) is 5.91 Å². The molecule has 1 aliphatic carbocycles. The summed E-state index contributed by atoms with van der Waals surface area (Å²) < 4.78 is 0. The Labute approximate surface area is 176 Å². The van der Waals surface area contributed by atoms with Crippen LogP contribution in [0.25, 0.3) is 0 Å². The van der Waals surface area contributed by atoms with Gasteiger partial charge in [0, 0.05) is 24.9 Å². The van der Waals surface area contributed by atoms with Crippen molar-refractivity contribution in [2.75, 3.05) is 0 Å². The summed E-state index contributed by atoms with van der Waals surface area (Å²) in [5.41, 5.74) is 3.75. The van der Waals surface area contributed by atoms with Crippen molar-refractivity contribution in [3.63, 3.8) is 0 Å². The normalized spacial score (nSPS) is 22.7. The van der Waals surface area contributed by atoms with Gasteiger partial charge in [-0.1, -0.05) is 25.8 Å². The number of hydrogen-bond donors (Lipinski definition) is 2. The molecular weight excluding hydrogens is 382 g/mol. The van der Waals surface area contributed by atoms with E-state index in [0.29, 0.717) is 24.9 Å². The summed E-state index contributed by atoms with van der Waals surface area (Å²) in [6.07, 6.45) is 6.83. The number of hydrogen-bond acceptors (Lipinski definition) is 4. The molecule has 160 valence electrons. The monoisotopic (exact) mass is 411 g/mol. The molecule has 2 heterocycles. The van der Waals surface area contributed by atoms with Crippen molar-refractivity contribution < 1.29 is 19.2 Å². The van der Waals surface area contributed by atoms with E-state index in [2.05, 4.69) is 23.6 Å². The number of nitrogens with zero attached hydrogens (tertiary/aromatic N) is 1. The van der Waals surface area contributed by atoms with Gasteiger partial charge in [0.2, 0.25) is 17.7 Å². The Balaban J connectivity index is 1.53. The van der Waals surface area contributed by atoms with Crippen molar-refractivity contribution in [3.05, 3.63) is 34.4 Å². The highest BCUT2D eigenvalue weighted by atomic mass is 16.2. The number of rotatable bonds is 7. The highest BCUT2D eigenvalue weighted by Gasteiger charge is 2.46. The third-order valence-corrected chi connectivity index (χ3v) is 6.43.